The van der Waals surface area contributed by atoms with Crippen molar-refractivity contribution in [2.45, 2.75) is 19.8 Å². The van der Waals surface area contributed by atoms with Crippen LogP contribution in [0, 0.1) is 5.92 Å². The number of nitrogens with two attached hydrogens (primary N) is 1. The van der Waals surface area contributed by atoms with Crippen molar-refractivity contribution in [3.63, 3.8) is 0 Å². The summed E-state index contributed by atoms with van der Waals surface area (Å²) in [6.45, 7) is 4.50. The Morgan fingerprint density at radius 1 is 1.17 bits per heavy atom. The van der Waals surface area contributed by atoms with E-state index in [0.717, 1.165) is 54.9 Å². The molecule has 1 saturated heterocycles. The minimum atomic E-state index is 0.256. The Balaban J connectivity index is 1.56. The molecule has 0 radical (unpaired) electrons. The highest BCUT2D eigenvalue weighted by Gasteiger charge is 2.21. The van der Waals surface area contributed by atoms with Crippen LogP contribution in [0.4, 0.5) is 23.0 Å². The predicted octanol–water partition coefficient (Wildman–Crippen LogP) is 2.77. The first-order valence-corrected chi connectivity index (χ1v) is 8.23. The number of ether oxygens (including phenoxy) is 2. The quantitative estimate of drug-likeness (QED) is 0.896. The van der Waals surface area contributed by atoms with Crippen LogP contribution in [0.5, 0.6) is 11.5 Å². The normalized spacial score (nSPS) is 17.1. The number of aromatic nitrogens is 2. The van der Waals surface area contributed by atoms with Crippen LogP contribution < -0.4 is 25.4 Å². The number of hydrogen-bond donors (Lipinski definition) is 2. The molecule has 3 N–H and O–H groups in total. The maximum Gasteiger partial charge on any atom is 0.231 e. The molecule has 0 spiro atoms. The molecule has 24 heavy (non-hydrogen) atoms. The first-order valence-electron chi connectivity index (χ1n) is 8.23. The highest BCUT2D eigenvalue weighted by molar-refractivity contribution is 5.78. The Hall–Kier alpha value is -2.70. The molecule has 2 aliphatic rings. The summed E-state index contributed by atoms with van der Waals surface area (Å²) in [7, 11) is 0. The molecule has 0 bridgehead atoms. The van der Waals surface area contributed by atoms with Crippen molar-refractivity contribution in [3.8, 4) is 11.5 Å². The SMILES string of the molecule is CC1CCN(c2ncnc(Nc3ccc4c(c3)OCO4)c2N)CC1. The number of hydrogen-bond acceptors (Lipinski definition) is 7. The average Bonchev–Trinajstić information content (AvgIpc) is 3.05. The minimum absolute atomic E-state index is 0.256. The highest BCUT2D eigenvalue weighted by atomic mass is 16.7. The Labute approximate surface area is 140 Å². The fraction of sp³-hybridized carbons (Fsp3) is 0.412. The standard InChI is InChI=1S/C17H21N5O2/c1-11-4-6-22(7-5-11)17-15(18)16(19-9-20-17)21-12-2-3-13-14(8-12)24-10-23-13/h2-3,8-9,11H,4-7,10,18H2,1H3,(H,19,20,21). The third-order valence-electron chi connectivity index (χ3n) is 4.58. The zero-order valence-corrected chi connectivity index (χ0v) is 13.7. The molecule has 0 aliphatic carbocycles. The lowest BCUT2D eigenvalue weighted by atomic mass is 9.99. The molecule has 0 saturated carbocycles. The molecular formula is C17H21N5O2. The maximum absolute atomic E-state index is 6.32. The van der Waals surface area contributed by atoms with E-state index >= 15 is 0 Å². The predicted molar refractivity (Wildman–Crippen MR) is 92.9 cm³/mol. The minimum Gasteiger partial charge on any atom is -0.454 e. The second-order valence-electron chi connectivity index (χ2n) is 6.32. The topological polar surface area (TPSA) is 85.5 Å². The van der Waals surface area contributed by atoms with Crippen LogP contribution in [0.25, 0.3) is 0 Å². The largest absolute Gasteiger partial charge is 0.454 e. The van der Waals surface area contributed by atoms with Crippen LogP contribution >= 0.6 is 0 Å². The van der Waals surface area contributed by atoms with Gasteiger partial charge in [0.25, 0.3) is 0 Å². The lowest BCUT2D eigenvalue weighted by molar-refractivity contribution is 0.174. The number of nitrogen functional groups attached to an aromatic ring is 1. The summed E-state index contributed by atoms with van der Waals surface area (Å²) in [5.41, 5.74) is 7.75. The molecule has 0 amide bonds. The summed E-state index contributed by atoms with van der Waals surface area (Å²) >= 11 is 0. The van der Waals surface area contributed by atoms with Gasteiger partial charge in [-0.25, -0.2) is 9.97 Å². The van der Waals surface area contributed by atoms with E-state index in [0.29, 0.717) is 11.5 Å². The summed E-state index contributed by atoms with van der Waals surface area (Å²) in [6.07, 6.45) is 3.88. The maximum atomic E-state index is 6.32. The van der Waals surface area contributed by atoms with Crippen LogP contribution in [0.2, 0.25) is 0 Å². The first-order chi connectivity index (χ1) is 11.7. The van der Waals surface area contributed by atoms with E-state index in [1.807, 2.05) is 18.2 Å². The molecule has 2 aromatic rings. The first kappa shape index (κ1) is 14.9. The fourth-order valence-electron chi connectivity index (χ4n) is 3.07. The van der Waals surface area contributed by atoms with Crippen LogP contribution in [0.15, 0.2) is 24.5 Å². The van der Waals surface area contributed by atoms with E-state index in [1.165, 1.54) is 0 Å². The Bertz CT molecular complexity index is 744. The van der Waals surface area contributed by atoms with Gasteiger partial charge in [-0.2, -0.15) is 0 Å². The van der Waals surface area contributed by atoms with Crippen molar-refractivity contribution < 1.29 is 9.47 Å². The van der Waals surface area contributed by atoms with Crippen molar-refractivity contribution in [1.82, 2.24) is 9.97 Å². The summed E-state index contributed by atoms with van der Waals surface area (Å²) < 4.78 is 10.7. The summed E-state index contributed by atoms with van der Waals surface area (Å²) in [5, 5.41) is 3.25. The van der Waals surface area contributed by atoms with Gasteiger partial charge in [0.1, 0.15) is 12.0 Å². The smallest absolute Gasteiger partial charge is 0.231 e. The molecular weight excluding hydrogens is 306 g/mol. The number of piperidine rings is 1. The summed E-state index contributed by atoms with van der Waals surface area (Å²) in [4.78, 5) is 10.9. The number of nitrogens with zero attached hydrogens (tertiary/aromatic N) is 3. The zero-order chi connectivity index (χ0) is 16.5. The van der Waals surface area contributed by atoms with Gasteiger partial charge in [0, 0.05) is 24.8 Å². The van der Waals surface area contributed by atoms with Crippen molar-refractivity contribution in [3.05, 3.63) is 24.5 Å². The molecule has 1 aromatic carbocycles. The van der Waals surface area contributed by atoms with Crippen molar-refractivity contribution in [2.24, 2.45) is 5.92 Å². The molecule has 1 fully saturated rings. The van der Waals surface area contributed by atoms with Gasteiger partial charge in [0.15, 0.2) is 23.1 Å². The second-order valence-corrected chi connectivity index (χ2v) is 6.32. The van der Waals surface area contributed by atoms with E-state index in [4.69, 9.17) is 15.2 Å². The molecule has 0 unspecified atom stereocenters. The Morgan fingerprint density at radius 2 is 1.96 bits per heavy atom. The van der Waals surface area contributed by atoms with E-state index in [9.17, 15) is 0 Å². The summed E-state index contributed by atoms with van der Waals surface area (Å²) in [5.74, 6) is 3.64. The van der Waals surface area contributed by atoms with E-state index in [-0.39, 0.29) is 6.79 Å². The molecule has 7 nitrogen and oxygen atoms in total. The van der Waals surface area contributed by atoms with Crippen molar-refractivity contribution in [1.29, 1.82) is 0 Å². The lowest BCUT2D eigenvalue weighted by Gasteiger charge is -2.32. The molecule has 1 aromatic heterocycles. The molecule has 3 heterocycles. The van der Waals surface area contributed by atoms with Gasteiger partial charge in [-0.3, -0.25) is 0 Å². The molecule has 2 aliphatic heterocycles. The average molecular weight is 327 g/mol. The zero-order valence-electron chi connectivity index (χ0n) is 13.7. The van der Waals surface area contributed by atoms with Gasteiger partial charge < -0.3 is 25.4 Å². The summed E-state index contributed by atoms with van der Waals surface area (Å²) in [6, 6.07) is 5.67. The number of fused-ring (bicyclic) bond motifs is 1. The number of rotatable bonds is 3. The molecule has 0 atom stereocenters. The van der Waals surface area contributed by atoms with Crippen molar-refractivity contribution in [2.75, 3.05) is 35.8 Å². The third-order valence-corrected chi connectivity index (χ3v) is 4.58. The number of anilines is 4. The van der Waals surface area contributed by atoms with Gasteiger partial charge in [-0.1, -0.05) is 6.92 Å². The van der Waals surface area contributed by atoms with Crippen LogP contribution in [-0.4, -0.2) is 29.9 Å². The third kappa shape index (κ3) is 2.77. The van der Waals surface area contributed by atoms with E-state index in [2.05, 4.69) is 27.1 Å². The Kier molecular flexibility index (Phi) is 3.76. The fourth-order valence-corrected chi connectivity index (χ4v) is 3.07. The van der Waals surface area contributed by atoms with Crippen LogP contribution in [0.1, 0.15) is 19.8 Å². The van der Waals surface area contributed by atoms with Crippen molar-refractivity contribution >= 4 is 23.0 Å². The monoisotopic (exact) mass is 327 g/mol. The molecule has 7 heteroatoms. The second kappa shape index (κ2) is 6.07. The van der Waals surface area contributed by atoms with Gasteiger partial charge in [-0.05, 0) is 30.9 Å². The highest BCUT2D eigenvalue weighted by Crippen LogP contribution is 2.36. The van der Waals surface area contributed by atoms with E-state index < -0.39 is 0 Å². The molecule has 4 rings (SSSR count). The van der Waals surface area contributed by atoms with Gasteiger partial charge in [0.05, 0.1) is 0 Å². The van der Waals surface area contributed by atoms with Crippen LogP contribution in [-0.2, 0) is 0 Å². The van der Waals surface area contributed by atoms with Gasteiger partial charge >= 0.3 is 0 Å². The van der Waals surface area contributed by atoms with Gasteiger partial charge in [-0.15, -0.1) is 0 Å². The van der Waals surface area contributed by atoms with E-state index in [1.54, 1.807) is 6.33 Å². The Morgan fingerprint density at radius 3 is 2.79 bits per heavy atom. The lowest BCUT2D eigenvalue weighted by Crippen LogP contribution is -2.34. The van der Waals surface area contributed by atoms with Gasteiger partial charge in [0.2, 0.25) is 6.79 Å². The number of benzene rings is 1. The molecule has 126 valence electrons. The number of nitrogens with one attached hydrogen (secondary N) is 1. The van der Waals surface area contributed by atoms with Crippen LogP contribution in [0.3, 0.4) is 0 Å².